The summed E-state index contributed by atoms with van der Waals surface area (Å²) in [6, 6.07) is 7.63. The smallest absolute Gasteiger partial charge is 0.277 e. The normalized spacial score (nSPS) is 18.2. The summed E-state index contributed by atoms with van der Waals surface area (Å²) in [7, 11) is 0. The summed E-state index contributed by atoms with van der Waals surface area (Å²) in [4.78, 5) is 12.7. The second-order valence-corrected chi connectivity index (χ2v) is 6.86. The van der Waals surface area contributed by atoms with Crippen molar-refractivity contribution in [2.75, 3.05) is 25.2 Å². The lowest BCUT2D eigenvalue weighted by Crippen LogP contribution is -2.32. The number of amides is 1. The van der Waals surface area contributed by atoms with E-state index in [9.17, 15) is 4.79 Å². The maximum Gasteiger partial charge on any atom is 0.277 e. The highest BCUT2D eigenvalue weighted by Gasteiger charge is 2.20. The summed E-state index contributed by atoms with van der Waals surface area (Å²) >= 11 is 0. The molecule has 3 aromatic rings. The summed E-state index contributed by atoms with van der Waals surface area (Å²) in [6.07, 6.45) is 5.70. The van der Waals surface area contributed by atoms with Gasteiger partial charge in [-0.15, -0.1) is 0 Å². The van der Waals surface area contributed by atoms with Crippen molar-refractivity contribution in [1.82, 2.24) is 25.3 Å². The second-order valence-electron chi connectivity index (χ2n) is 6.86. The zero-order chi connectivity index (χ0) is 18.9. The molecular weight excluding hydrogens is 360 g/mol. The van der Waals surface area contributed by atoms with E-state index in [1.165, 1.54) is 0 Å². The number of hydrogen-bond acceptors (Lipinski definition) is 6. The second kappa shape index (κ2) is 7.01. The van der Waals surface area contributed by atoms with E-state index < -0.39 is 0 Å². The standard InChI is InChI=1S/C19H20N6O3/c26-19(15-5-7-25(24-15)13-2-1-6-20-9-13)22-18-14(10-21-23-18)12-3-4-16-17(8-12)28-11-27-16/h3-5,7-8,10,13,20H,1-2,6,9,11H2,(H2,21,22,23,26). The highest BCUT2D eigenvalue weighted by atomic mass is 16.7. The van der Waals surface area contributed by atoms with Crippen LogP contribution in [0.5, 0.6) is 11.5 Å². The van der Waals surface area contributed by atoms with E-state index in [1.807, 2.05) is 29.1 Å². The van der Waals surface area contributed by atoms with E-state index in [4.69, 9.17) is 9.47 Å². The van der Waals surface area contributed by atoms with Gasteiger partial charge in [0.1, 0.15) is 5.82 Å². The zero-order valence-electron chi connectivity index (χ0n) is 15.1. The molecule has 0 radical (unpaired) electrons. The van der Waals surface area contributed by atoms with Gasteiger partial charge < -0.3 is 20.1 Å². The predicted octanol–water partition coefficient (Wildman–Crippen LogP) is 2.18. The molecule has 2 aromatic heterocycles. The van der Waals surface area contributed by atoms with Crippen molar-refractivity contribution < 1.29 is 14.3 Å². The molecule has 0 aliphatic carbocycles. The van der Waals surface area contributed by atoms with Crippen LogP contribution >= 0.6 is 0 Å². The van der Waals surface area contributed by atoms with Gasteiger partial charge in [-0.1, -0.05) is 6.07 Å². The van der Waals surface area contributed by atoms with E-state index in [0.717, 1.165) is 37.1 Å². The van der Waals surface area contributed by atoms with Gasteiger partial charge in [0.15, 0.2) is 17.2 Å². The molecule has 1 fully saturated rings. The average molecular weight is 380 g/mol. The molecule has 1 unspecified atom stereocenters. The Morgan fingerprint density at radius 2 is 2.18 bits per heavy atom. The maximum atomic E-state index is 12.7. The molecule has 0 saturated carbocycles. The largest absolute Gasteiger partial charge is 0.454 e. The third kappa shape index (κ3) is 3.09. The zero-order valence-corrected chi connectivity index (χ0v) is 15.1. The quantitative estimate of drug-likeness (QED) is 0.641. The van der Waals surface area contributed by atoms with Crippen molar-refractivity contribution in [1.29, 1.82) is 0 Å². The van der Waals surface area contributed by atoms with Gasteiger partial charge in [-0.05, 0) is 43.1 Å². The van der Waals surface area contributed by atoms with Gasteiger partial charge in [0.25, 0.3) is 5.91 Å². The van der Waals surface area contributed by atoms with Crippen LogP contribution in [0.2, 0.25) is 0 Å². The molecule has 1 atom stereocenters. The lowest BCUT2D eigenvalue weighted by Gasteiger charge is -2.22. The summed E-state index contributed by atoms with van der Waals surface area (Å²) in [6.45, 7) is 2.12. The molecule has 3 N–H and O–H groups in total. The number of H-pyrrole nitrogens is 1. The summed E-state index contributed by atoms with van der Waals surface area (Å²) in [5.74, 6) is 1.61. The summed E-state index contributed by atoms with van der Waals surface area (Å²) in [5.41, 5.74) is 2.01. The number of carbonyl (C=O) groups is 1. The van der Waals surface area contributed by atoms with E-state index in [1.54, 1.807) is 12.3 Å². The molecule has 0 bridgehead atoms. The Morgan fingerprint density at radius 3 is 3.07 bits per heavy atom. The Kier molecular flexibility index (Phi) is 4.21. The van der Waals surface area contributed by atoms with Gasteiger partial charge in [0, 0.05) is 18.3 Å². The number of anilines is 1. The Bertz CT molecular complexity index is 1000. The monoisotopic (exact) mass is 380 g/mol. The van der Waals surface area contributed by atoms with Crippen LogP contribution in [0.25, 0.3) is 11.1 Å². The molecule has 1 aromatic carbocycles. The predicted molar refractivity (Wildman–Crippen MR) is 101 cm³/mol. The Balaban J connectivity index is 1.34. The number of nitrogens with zero attached hydrogens (tertiary/aromatic N) is 3. The molecule has 1 saturated heterocycles. The van der Waals surface area contributed by atoms with Crippen molar-refractivity contribution >= 4 is 11.7 Å². The minimum atomic E-state index is -0.284. The number of benzene rings is 1. The number of hydrogen-bond donors (Lipinski definition) is 3. The number of rotatable bonds is 4. The fourth-order valence-corrected chi connectivity index (χ4v) is 3.56. The van der Waals surface area contributed by atoms with Gasteiger partial charge >= 0.3 is 0 Å². The molecule has 0 spiro atoms. The van der Waals surface area contributed by atoms with Gasteiger partial charge in [0.05, 0.1) is 12.2 Å². The number of fused-ring (bicyclic) bond motifs is 1. The fraction of sp³-hybridized carbons (Fsp3) is 0.316. The van der Waals surface area contributed by atoms with E-state index in [0.29, 0.717) is 23.0 Å². The van der Waals surface area contributed by atoms with Crippen LogP contribution in [0, 0.1) is 0 Å². The number of ether oxygens (including phenoxy) is 2. The van der Waals surface area contributed by atoms with Crippen molar-refractivity contribution in [3.63, 3.8) is 0 Å². The lowest BCUT2D eigenvalue weighted by molar-refractivity contribution is 0.102. The molecule has 144 valence electrons. The van der Waals surface area contributed by atoms with Gasteiger partial charge in [-0.25, -0.2) is 0 Å². The van der Waals surface area contributed by atoms with Gasteiger partial charge in [0.2, 0.25) is 6.79 Å². The first-order chi connectivity index (χ1) is 13.8. The topological polar surface area (TPSA) is 106 Å². The van der Waals surface area contributed by atoms with Crippen LogP contribution in [0.1, 0.15) is 29.4 Å². The number of carbonyl (C=O) groups excluding carboxylic acids is 1. The molecular formula is C19H20N6O3. The highest BCUT2D eigenvalue weighted by Crippen LogP contribution is 2.37. The maximum absolute atomic E-state index is 12.7. The molecule has 2 aliphatic heterocycles. The Hall–Kier alpha value is -3.33. The highest BCUT2D eigenvalue weighted by molar-refractivity contribution is 6.04. The van der Waals surface area contributed by atoms with E-state index >= 15 is 0 Å². The number of aromatic nitrogens is 4. The molecule has 4 heterocycles. The minimum Gasteiger partial charge on any atom is -0.454 e. The van der Waals surface area contributed by atoms with E-state index in [2.05, 4.69) is 25.9 Å². The van der Waals surface area contributed by atoms with Gasteiger partial charge in [-0.2, -0.15) is 10.2 Å². The first-order valence-corrected chi connectivity index (χ1v) is 9.28. The van der Waals surface area contributed by atoms with Gasteiger partial charge in [-0.3, -0.25) is 14.6 Å². The molecule has 5 rings (SSSR count). The number of nitrogens with one attached hydrogen (secondary N) is 3. The van der Waals surface area contributed by atoms with Crippen LogP contribution < -0.4 is 20.1 Å². The number of piperidine rings is 1. The summed E-state index contributed by atoms with van der Waals surface area (Å²) in [5, 5.41) is 17.6. The summed E-state index contributed by atoms with van der Waals surface area (Å²) < 4.78 is 12.6. The lowest BCUT2D eigenvalue weighted by atomic mass is 10.1. The third-order valence-electron chi connectivity index (χ3n) is 5.05. The molecule has 9 heteroatoms. The van der Waals surface area contributed by atoms with Crippen molar-refractivity contribution in [2.24, 2.45) is 0 Å². The number of aromatic amines is 1. The molecule has 1 amide bonds. The van der Waals surface area contributed by atoms with Crippen molar-refractivity contribution in [2.45, 2.75) is 18.9 Å². The first-order valence-electron chi connectivity index (χ1n) is 9.28. The molecule has 9 nitrogen and oxygen atoms in total. The fourth-order valence-electron chi connectivity index (χ4n) is 3.56. The first kappa shape index (κ1) is 16.8. The SMILES string of the molecule is O=C(Nc1[nH]ncc1-c1ccc2c(c1)OCO2)c1ccn(C2CCCNC2)n1. The van der Waals surface area contributed by atoms with Crippen LogP contribution in [0.15, 0.2) is 36.7 Å². The van der Waals surface area contributed by atoms with Crippen LogP contribution in [0.3, 0.4) is 0 Å². The Labute approximate surface area is 161 Å². The van der Waals surface area contributed by atoms with Crippen LogP contribution in [-0.2, 0) is 0 Å². The third-order valence-corrected chi connectivity index (χ3v) is 5.05. The van der Waals surface area contributed by atoms with E-state index in [-0.39, 0.29) is 18.7 Å². The van der Waals surface area contributed by atoms with Crippen molar-refractivity contribution in [3.8, 4) is 22.6 Å². The minimum absolute atomic E-state index is 0.215. The van der Waals surface area contributed by atoms with Crippen LogP contribution in [-0.4, -0.2) is 45.8 Å². The molecule has 28 heavy (non-hydrogen) atoms. The average Bonchev–Trinajstić information content (AvgIpc) is 3.48. The van der Waals surface area contributed by atoms with Crippen LogP contribution in [0.4, 0.5) is 5.82 Å². The molecule has 2 aliphatic rings. The van der Waals surface area contributed by atoms with Crippen molar-refractivity contribution in [3.05, 3.63) is 42.4 Å². The Morgan fingerprint density at radius 1 is 1.25 bits per heavy atom.